The number of amides is 1. The highest BCUT2D eigenvalue weighted by atomic mass is 16.5. The number of carbonyl (C=O) groups excluding carboxylic acids is 1. The number of hydrogen-bond acceptors (Lipinski definition) is 3. The lowest BCUT2D eigenvalue weighted by Crippen LogP contribution is -2.25. The molecule has 0 spiro atoms. The SMILES string of the molecule is CCN1C(=O)C(=Cc2ccc(N(C)C)cc2OC)c2ccccc21. The van der Waals surface area contributed by atoms with Crippen molar-refractivity contribution in [3.05, 3.63) is 53.6 Å². The van der Waals surface area contributed by atoms with Crippen LogP contribution in [0.2, 0.25) is 0 Å². The maximum atomic E-state index is 12.8. The van der Waals surface area contributed by atoms with Crippen molar-refractivity contribution in [3.63, 3.8) is 0 Å². The molecule has 2 aromatic carbocycles. The summed E-state index contributed by atoms with van der Waals surface area (Å²) in [4.78, 5) is 16.6. The van der Waals surface area contributed by atoms with Crippen LogP contribution in [0.25, 0.3) is 11.6 Å². The van der Waals surface area contributed by atoms with Crippen LogP contribution in [-0.2, 0) is 4.79 Å². The molecule has 3 rings (SSSR count). The van der Waals surface area contributed by atoms with Crippen molar-refractivity contribution in [1.82, 2.24) is 0 Å². The van der Waals surface area contributed by atoms with Crippen molar-refractivity contribution in [1.29, 1.82) is 0 Å². The van der Waals surface area contributed by atoms with Gasteiger partial charge in [-0.2, -0.15) is 0 Å². The van der Waals surface area contributed by atoms with E-state index in [0.29, 0.717) is 12.1 Å². The molecule has 0 unspecified atom stereocenters. The van der Waals surface area contributed by atoms with Crippen molar-refractivity contribution in [2.24, 2.45) is 0 Å². The summed E-state index contributed by atoms with van der Waals surface area (Å²) in [7, 11) is 5.63. The lowest BCUT2D eigenvalue weighted by atomic mass is 10.0. The third kappa shape index (κ3) is 2.64. The first-order chi connectivity index (χ1) is 11.6. The van der Waals surface area contributed by atoms with E-state index in [1.165, 1.54) is 0 Å². The number of ether oxygens (including phenoxy) is 1. The number of methoxy groups -OCH3 is 1. The predicted octanol–water partition coefficient (Wildman–Crippen LogP) is 3.67. The maximum absolute atomic E-state index is 12.8. The minimum atomic E-state index is 0.0393. The topological polar surface area (TPSA) is 32.8 Å². The smallest absolute Gasteiger partial charge is 0.258 e. The number of rotatable bonds is 4. The van der Waals surface area contributed by atoms with Crippen molar-refractivity contribution in [2.75, 3.05) is 37.5 Å². The van der Waals surface area contributed by atoms with E-state index in [1.807, 2.05) is 79.4 Å². The third-order valence-electron chi connectivity index (χ3n) is 4.31. The number of benzene rings is 2. The molecule has 24 heavy (non-hydrogen) atoms. The fourth-order valence-electron chi connectivity index (χ4n) is 3.01. The Morgan fingerprint density at radius 2 is 1.92 bits per heavy atom. The lowest BCUT2D eigenvalue weighted by Gasteiger charge is -2.15. The van der Waals surface area contributed by atoms with Crippen LogP contribution < -0.4 is 14.5 Å². The Morgan fingerprint density at radius 1 is 1.17 bits per heavy atom. The highest BCUT2D eigenvalue weighted by molar-refractivity contribution is 6.35. The molecule has 1 aliphatic rings. The molecule has 0 saturated heterocycles. The monoisotopic (exact) mass is 322 g/mol. The minimum Gasteiger partial charge on any atom is -0.496 e. The van der Waals surface area contributed by atoms with Gasteiger partial charge >= 0.3 is 0 Å². The summed E-state index contributed by atoms with van der Waals surface area (Å²) in [6.07, 6.45) is 1.93. The average molecular weight is 322 g/mol. The fraction of sp³-hybridized carbons (Fsp3) is 0.250. The molecule has 1 aliphatic heterocycles. The van der Waals surface area contributed by atoms with Crippen molar-refractivity contribution in [3.8, 4) is 5.75 Å². The number of anilines is 2. The van der Waals surface area contributed by atoms with Gasteiger partial charge in [-0.05, 0) is 31.2 Å². The summed E-state index contributed by atoms with van der Waals surface area (Å²) in [6.45, 7) is 2.65. The third-order valence-corrected chi connectivity index (χ3v) is 4.31. The van der Waals surface area contributed by atoms with Crippen LogP contribution in [0.4, 0.5) is 11.4 Å². The predicted molar refractivity (Wildman–Crippen MR) is 99.7 cm³/mol. The van der Waals surface area contributed by atoms with E-state index < -0.39 is 0 Å². The van der Waals surface area contributed by atoms with E-state index in [0.717, 1.165) is 28.3 Å². The molecule has 0 bridgehead atoms. The summed E-state index contributed by atoms with van der Waals surface area (Å²) in [6, 6.07) is 13.9. The Bertz CT molecular complexity index is 809. The summed E-state index contributed by atoms with van der Waals surface area (Å²) < 4.78 is 5.53. The van der Waals surface area contributed by atoms with E-state index in [2.05, 4.69) is 0 Å². The molecular weight excluding hydrogens is 300 g/mol. The second kappa shape index (κ2) is 6.40. The van der Waals surface area contributed by atoms with Crippen LogP contribution in [0, 0.1) is 0 Å². The first-order valence-corrected chi connectivity index (χ1v) is 8.05. The Morgan fingerprint density at radius 3 is 2.58 bits per heavy atom. The second-order valence-electron chi connectivity index (χ2n) is 5.95. The van der Waals surface area contributed by atoms with Crippen molar-refractivity contribution >= 4 is 28.9 Å². The van der Waals surface area contributed by atoms with E-state index in [9.17, 15) is 4.79 Å². The largest absolute Gasteiger partial charge is 0.496 e. The molecule has 0 saturated carbocycles. The van der Waals surface area contributed by atoms with Crippen molar-refractivity contribution in [2.45, 2.75) is 6.92 Å². The molecule has 0 fully saturated rings. The molecule has 1 heterocycles. The van der Waals surface area contributed by atoms with Crippen LogP contribution >= 0.6 is 0 Å². The molecule has 1 amide bonds. The normalized spacial score (nSPS) is 14.9. The fourth-order valence-corrected chi connectivity index (χ4v) is 3.01. The Kier molecular flexibility index (Phi) is 4.30. The second-order valence-corrected chi connectivity index (χ2v) is 5.95. The molecule has 0 radical (unpaired) electrons. The zero-order valence-corrected chi connectivity index (χ0v) is 14.5. The number of carbonyl (C=O) groups is 1. The molecular formula is C20H22N2O2. The molecule has 0 N–H and O–H groups in total. The van der Waals surface area contributed by atoms with Gasteiger partial charge in [-0.25, -0.2) is 0 Å². The Labute approximate surface area is 143 Å². The van der Waals surface area contributed by atoms with Gasteiger partial charge in [0, 0.05) is 49.1 Å². The summed E-state index contributed by atoms with van der Waals surface area (Å²) in [5.74, 6) is 0.798. The maximum Gasteiger partial charge on any atom is 0.258 e. The van der Waals surface area contributed by atoms with Crippen molar-refractivity contribution < 1.29 is 9.53 Å². The molecule has 4 heteroatoms. The van der Waals surface area contributed by atoms with Gasteiger partial charge in [-0.3, -0.25) is 4.79 Å². The number of nitrogens with zero attached hydrogens (tertiary/aromatic N) is 2. The van der Waals surface area contributed by atoms with Gasteiger partial charge < -0.3 is 14.5 Å². The summed E-state index contributed by atoms with van der Waals surface area (Å²) in [5, 5.41) is 0. The number of para-hydroxylation sites is 1. The van der Waals surface area contributed by atoms with E-state index in [4.69, 9.17) is 4.74 Å². The first-order valence-electron chi connectivity index (χ1n) is 8.05. The Balaban J connectivity index is 2.10. The highest BCUT2D eigenvalue weighted by Crippen LogP contribution is 2.38. The molecule has 0 aliphatic carbocycles. The average Bonchev–Trinajstić information content (AvgIpc) is 2.86. The standard InChI is InChI=1S/C20H22N2O2/c1-5-22-18-9-7-6-8-16(18)17(20(22)23)12-14-10-11-15(21(2)3)13-19(14)24-4/h6-13H,5H2,1-4H3. The van der Waals surface area contributed by atoms with Gasteiger partial charge in [0.15, 0.2) is 0 Å². The van der Waals surface area contributed by atoms with Gasteiger partial charge in [-0.1, -0.05) is 18.2 Å². The van der Waals surface area contributed by atoms with Gasteiger partial charge in [0.05, 0.1) is 12.8 Å². The van der Waals surface area contributed by atoms with Gasteiger partial charge in [-0.15, -0.1) is 0 Å². The van der Waals surface area contributed by atoms with Gasteiger partial charge in [0.2, 0.25) is 0 Å². The van der Waals surface area contributed by atoms with E-state index >= 15 is 0 Å². The van der Waals surface area contributed by atoms with E-state index in [1.54, 1.807) is 7.11 Å². The van der Waals surface area contributed by atoms with Gasteiger partial charge in [0.25, 0.3) is 5.91 Å². The first kappa shape index (κ1) is 16.1. The van der Waals surface area contributed by atoms with Crippen LogP contribution in [0.3, 0.4) is 0 Å². The molecule has 0 aromatic heterocycles. The van der Waals surface area contributed by atoms with Crippen LogP contribution in [0.1, 0.15) is 18.1 Å². The lowest BCUT2D eigenvalue weighted by molar-refractivity contribution is -0.112. The minimum absolute atomic E-state index is 0.0393. The zero-order chi connectivity index (χ0) is 17.3. The molecule has 0 atom stereocenters. The van der Waals surface area contributed by atoms with Crippen LogP contribution in [0.15, 0.2) is 42.5 Å². The Hall–Kier alpha value is -2.75. The van der Waals surface area contributed by atoms with Crippen LogP contribution in [0.5, 0.6) is 5.75 Å². The molecule has 4 nitrogen and oxygen atoms in total. The van der Waals surface area contributed by atoms with E-state index in [-0.39, 0.29) is 5.91 Å². The number of likely N-dealkylation sites (N-methyl/N-ethyl adjacent to an activating group) is 1. The van der Waals surface area contributed by atoms with Gasteiger partial charge in [0.1, 0.15) is 5.75 Å². The molecule has 124 valence electrons. The number of hydrogen-bond donors (Lipinski definition) is 0. The molecule has 2 aromatic rings. The number of fused-ring (bicyclic) bond motifs is 1. The van der Waals surface area contributed by atoms with Crippen LogP contribution in [-0.4, -0.2) is 33.7 Å². The summed E-state index contributed by atoms with van der Waals surface area (Å²) in [5.41, 5.74) is 4.62. The highest BCUT2D eigenvalue weighted by Gasteiger charge is 2.30. The summed E-state index contributed by atoms with van der Waals surface area (Å²) >= 11 is 0. The quantitative estimate of drug-likeness (QED) is 0.805. The zero-order valence-electron chi connectivity index (χ0n) is 14.5.